The van der Waals surface area contributed by atoms with Gasteiger partial charge in [-0.05, 0) is 33.9 Å². The average molecular weight is 273 g/mol. The number of nitrogens with zero attached hydrogens (tertiary/aromatic N) is 1. The van der Waals surface area contributed by atoms with Crippen LogP contribution in [0.1, 0.15) is 26.5 Å². The molecule has 0 aromatic carbocycles. The first-order valence-corrected chi connectivity index (χ1v) is 6.37. The lowest BCUT2D eigenvalue weighted by Crippen LogP contribution is -2.22. The van der Waals surface area contributed by atoms with Crippen molar-refractivity contribution in [1.29, 1.82) is 0 Å². The van der Waals surface area contributed by atoms with E-state index in [1.165, 1.54) is 0 Å². The molecule has 102 valence electrons. The van der Waals surface area contributed by atoms with Crippen molar-refractivity contribution in [1.82, 2.24) is 10.3 Å². The number of hydrogen-bond donors (Lipinski definition) is 1. The van der Waals surface area contributed by atoms with Crippen LogP contribution in [0.5, 0.6) is 5.88 Å². The second-order valence-corrected chi connectivity index (χ2v) is 5.32. The van der Waals surface area contributed by atoms with Crippen LogP contribution in [0.3, 0.4) is 0 Å². The predicted molar refractivity (Wildman–Crippen MR) is 73.2 cm³/mol. The Morgan fingerprint density at radius 3 is 2.61 bits per heavy atom. The van der Waals surface area contributed by atoms with Gasteiger partial charge in [0, 0.05) is 12.6 Å². The predicted octanol–water partition coefficient (Wildman–Crippen LogP) is 2.65. The molecule has 0 unspecified atom stereocenters. The van der Waals surface area contributed by atoms with Crippen LogP contribution in [-0.4, -0.2) is 30.8 Å². The minimum atomic E-state index is -0.145. The summed E-state index contributed by atoms with van der Waals surface area (Å²) in [7, 11) is 1.85. The zero-order chi connectivity index (χ0) is 13.6. The molecular weight excluding hydrogens is 252 g/mol. The Morgan fingerprint density at radius 1 is 1.28 bits per heavy atom. The number of nitrogens with one attached hydrogen (secondary N) is 1. The van der Waals surface area contributed by atoms with Crippen molar-refractivity contribution < 1.29 is 9.47 Å². The SMILES string of the molecule is CNCc1nc(OCCOC(C)(C)C)ccc1Cl. The van der Waals surface area contributed by atoms with E-state index in [9.17, 15) is 0 Å². The highest BCUT2D eigenvalue weighted by molar-refractivity contribution is 6.31. The lowest BCUT2D eigenvalue weighted by atomic mass is 10.2. The second kappa shape index (κ2) is 6.92. The Kier molecular flexibility index (Phi) is 5.85. The monoisotopic (exact) mass is 272 g/mol. The topological polar surface area (TPSA) is 43.4 Å². The van der Waals surface area contributed by atoms with Gasteiger partial charge in [0.1, 0.15) is 6.61 Å². The Morgan fingerprint density at radius 2 is 2.00 bits per heavy atom. The highest BCUT2D eigenvalue weighted by Gasteiger charge is 2.09. The van der Waals surface area contributed by atoms with Crippen molar-refractivity contribution in [3.8, 4) is 5.88 Å². The lowest BCUT2D eigenvalue weighted by molar-refractivity contribution is -0.0168. The van der Waals surface area contributed by atoms with E-state index < -0.39 is 0 Å². The van der Waals surface area contributed by atoms with Gasteiger partial charge in [0.05, 0.1) is 22.9 Å². The number of pyridine rings is 1. The molecule has 1 N–H and O–H groups in total. The standard InChI is InChI=1S/C13H21ClN2O2/c1-13(2,3)18-8-7-17-12-6-5-10(14)11(16-12)9-15-4/h5-6,15H,7-9H2,1-4H3. The van der Waals surface area contributed by atoms with Crippen molar-refractivity contribution in [3.05, 3.63) is 22.8 Å². The summed E-state index contributed by atoms with van der Waals surface area (Å²) in [6, 6.07) is 3.56. The molecule has 0 atom stereocenters. The van der Waals surface area contributed by atoms with Gasteiger partial charge in [-0.1, -0.05) is 11.6 Å². The molecule has 4 nitrogen and oxygen atoms in total. The van der Waals surface area contributed by atoms with Crippen LogP contribution in [-0.2, 0) is 11.3 Å². The lowest BCUT2D eigenvalue weighted by Gasteiger charge is -2.19. The minimum Gasteiger partial charge on any atom is -0.475 e. The summed E-state index contributed by atoms with van der Waals surface area (Å²) >= 11 is 6.01. The number of halogens is 1. The van der Waals surface area contributed by atoms with E-state index in [4.69, 9.17) is 21.1 Å². The van der Waals surface area contributed by atoms with Crippen LogP contribution in [0.25, 0.3) is 0 Å². The van der Waals surface area contributed by atoms with Crippen molar-refractivity contribution in [3.63, 3.8) is 0 Å². The molecule has 0 aliphatic heterocycles. The summed E-state index contributed by atoms with van der Waals surface area (Å²) in [6.45, 7) is 7.67. The first-order valence-electron chi connectivity index (χ1n) is 5.99. The van der Waals surface area contributed by atoms with Crippen molar-refractivity contribution in [2.75, 3.05) is 20.3 Å². The molecule has 0 spiro atoms. The number of ether oxygens (including phenoxy) is 2. The minimum absolute atomic E-state index is 0.145. The number of hydrogen-bond acceptors (Lipinski definition) is 4. The quantitative estimate of drug-likeness (QED) is 0.809. The third kappa shape index (κ3) is 5.67. The van der Waals surface area contributed by atoms with Gasteiger partial charge < -0.3 is 14.8 Å². The van der Waals surface area contributed by atoms with Gasteiger partial charge in [0.2, 0.25) is 5.88 Å². The highest BCUT2D eigenvalue weighted by atomic mass is 35.5. The first-order chi connectivity index (χ1) is 8.42. The maximum absolute atomic E-state index is 6.01. The third-order valence-electron chi connectivity index (χ3n) is 2.11. The maximum atomic E-state index is 6.01. The van der Waals surface area contributed by atoms with Gasteiger partial charge in [-0.25, -0.2) is 4.98 Å². The van der Waals surface area contributed by atoms with E-state index >= 15 is 0 Å². The molecular formula is C13H21ClN2O2. The van der Waals surface area contributed by atoms with Gasteiger partial charge in [0.15, 0.2) is 0 Å². The molecule has 1 rings (SSSR count). The molecule has 1 heterocycles. The molecule has 0 saturated heterocycles. The fourth-order valence-electron chi connectivity index (χ4n) is 1.33. The van der Waals surface area contributed by atoms with Crippen LogP contribution in [0.2, 0.25) is 5.02 Å². The van der Waals surface area contributed by atoms with Gasteiger partial charge >= 0.3 is 0 Å². The van der Waals surface area contributed by atoms with Crippen LogP contribution in [0, 0.1) is 0 Å². The highest BCUT2D eigenvalue weighted by Crippen LogP contribution is 2.18. The summed E-state index contributed by atoms with van der Waals surface area (Å²) in [5, 5.41) is 3.65. The molecule has 0 bridgehead atoms. The average Bonchev–Trinajstić information content (AvgIpc) is 2.28. The van der Waals surface area contributed by atoms with Crippen LogP contribution in [0.4, 0.5) is 0 Å². The molecule has 0 aliphatic rings. The first kappa shape index (κ1) is 15.2. The molecule has 0 aliphatic carbocycles. The fraction of sp³-hybridized carbons (Fsp3) is 0.615. The van der Waals surface area contributed by atoms with E-state index in [2.05, 4.69) is 10.3 Å². The third-order valence-corrected chi connectivity index (χ3v) is 2.45. The smallest absolute Gasteiger partial charge is 0.213 e. The molecule has 0 amide bonds. The van der Waals surface area contributed by atoms with Crippen molar-refractivity contribution >= 4 is 11.6 Å². The largest absolute Gasteiger partial charge is 0.475 e. The summed E-state index contributed by atoms with van der Waals surface area (Å²) in [5.41, 5.74) is 0.641. The molecule has 1 aromatic rings. The maximum Gasteiger partial charge on any atom is 0.213 e. The van der Waals surface area contributed by atoms with E-state index in [-0.39, 0.29) is 5.60 Å². The van der Waals surface area contributed by atoms with E-state index in [1.807, 2.05) is 27.8 Å². The van der Waals surface area contributed by atoms with Crippen LogP contribution >= 0.6 is 11.6 Å². The van der Waals surface area contributed by atoms with E-state index in [0.717, 1.165) is 5.69 Å². The molecule has 0 saturated carbocycles. The molecule has 5 heteroatoms. The molecule has 0 radical (unpaired) electrons. The van der Waals surface area contributed by atoms with Gasteiger partial charge in [-0.15, -0.1) is 0 Å². The van der Waals surface area contributed by atoms with Crippen molar-refractivity contribution in [2.45, 2.75) is 32.9 Å². The zero-order valence-electron chi connectivity index (χ0n) is 11.4. The van der Waals surface area contributed by atoms with Crippen LogP contribution in [0.15, 0.2) is 12.1 Å². The second-order valence-electron chi connectivity index (χ2n) is 4.92. The van der Waals surface area contributed by atoms with E-state index in [1.54, 1.807) is 12.1 Å². The fourth-order valence-corrected chi connectivity index (χ4v) is 1.50. The zero-order valence-corrected chi connectivity index (χ0v) is 12.2. The number of rotatable bonds is 6. The Labute approximate surface area is 114 Å². The Hall–Kier alpha value is -0.840. The summed E-state index contributed by atoms with van der Waals surface area (Å²) in [6.07, 6.45) is 0. The van der Waals surface area contributed by atoms with E-state index in [0.29, 0.717) is 30.7 Å². The summed E-state index contributed by atoms with van der Waals surface area (Å²) < 4.78 is 11.1. The molecule has 1 aromatic heterocycles. The van der Waals surface area contributed by atoms with Gasteiger partial charge in [0.25, 0.3) is 0 Å². The molecule has 0 fully saturated rings. The van der Waals surface area contributed by atoms with Gasteiger partial charge in [-0.2, -0.15) is 0 Å². The summed E-state index contributed by atoms with van der Waals surface area (Å²) in [5.74, 6) is 0.571. The normalized spacial score (nSPS) is 11.6. The Bertz CT molecular complexity index is 378. The Balaban J connectivity index is 2.45. The van der Waals surface area contributed by atoms with Gasteiger partial charge in [-0.3, -0.25) is 0 Å². The number of aromatic nitrogens is 1. The summed E-state index contributed by atoms with van der Waals surface area (Å²) in [4.78, 5) is 4.32. The molecule has 18 heavy (non-hydrogen) atoms. The van der Waals surface area contributed by atoms with Crippen LogP contribution < -0.4 is 10.1 Å². The van der Waals surface area contributed by atoms with Crippen molar-refractivity contribution in [2.24, 2.45) is 0 Å².